The molecule has 0 radical (unpaired) electrons. The molecule has 0 aliphatic carbocycles. The second-order valence-corrected chi connectivity index (χ2v) is 5.96. The largest absolute Gasteiger partial charge is 0.273 e. The van der Waals surface area contributed by atoms with E-state index in [9.17, 15) is 4.79 Å². The van der Waals surface area contributed by atoms with Crippen molar-refractivity contribution in [2.45, 2.75) is 13.3 Å². The molecular weight excluding hydrogens is 315 g/mol. The Morgan fingerprint density at radius 2 is 2.10 bits per heavy atom. The minimum atomic E-state index is -0.146. The quantitative estimate of drug-likeness (QED) is 0.665. The summed E-state index contributed by atoms with van der Waals surface area (Å²) in [6.07, 6.45) is 0.329. The van der Waals surface area contributed by atoms with Crippen LogP contribution in [0.3, 0.4) is 0 Å². The van der Waals surface area contributed by atoms with Gasteiger partial charge >= 0.3 is 0 Å². The highest BCUT2D eigenvalue weighted by atomic mass is 35.5. The third kappa shape index (κ3) is 4.07. The van der Waals surface area contributed by atoms with Crippen LogP contribution in [0, 0.1) is 0 Å². The highest BCUT2D eigenvalue weighted by Gasteiger charge is 2.05. The van der Waals surface area contributed by atoms with Crippen molar-refractivity contribution < 1.29 is 4.79 Å². The lowest BCUT2D eigenvalue weighted by molar-refractivity contribution is -0.120. The highest BCUT2D eigenvalue weighted by molar-refractivity contribution is 7.10. The molecule has 6 heteroatoms. The molecule has 104 valence electrons. The van der Waals surface area contributed by atoms with Crippen molar-refractivity contribution in [3.8, 4) is 0 Å². The number of hydrogen-bond donors (Lipinski definition) is 1. The van der Waals surface area contributed by atoms with Gasteiger partial charge < -0.3 is 0 Å². The van der Waals surface area contributed by atoms with Crippen LogP contribution in [-0.4, -0.2) is 11.6 Å². The van der Waals surface area contributed by atoms with Gasteiger partial charge in [0.2, 0.25) is 5.91 Å². The first-order chi connectivity index (χ1) is 9.56. The number of carbonyl (C=O) groups excluding carboxylic acids is 1. The number of hydrogen-bond acceptors (Lipinski definition) is 3. The van der Waals surface area contributed by atoms with Crippen molar-refractivity contribution in [1.29, 1.82) is 0 Å². The SMILES string of the molecule is C/C(=N/NC(=O)Cc1cccs1)c1ccc(Cl)c(Cl)c1. The van der Waals surface area contributed by atoms with Gasteiger partial charge in [0, 0.05) is 4.88 Å². The zero-order valence-electron chi connectivity index (χ0n) is 10.7. The van der Waals surface area contributed by atoms with Crippen LogP contribution in [0.25, 0.3) is 0 Å². The van der Waals surface area contributed by atoms with Crippen molar-refractivity contribution in [1.82, 2.24) is 5.43 Å². The predicted molar refractivity (Wildman–Crippen MR) is 84.8 cm³/mol. The second kappa shape index (κ2) is 6.88. The molecule has 0 fully saturated rings. The van der Waals surface area contributed by atoms with E-state index in [1.807, 2.05) is 17.5 Å². The van der Waals surface area contributed by atoms with Crippen molar-refractivity contribution in [2.24, 2.45) is 5.10 Å². The maximum absolute atomic E-state index is 11.7. The van der Waals surface area contributed by atoms with Crippen LogP contribution < -0.4 is 5.43 Å². The van der Waals surface area contributed by atoms with Crippen LogP contribution in [-0.2, 0) is 11.2 Å². The van der Waals surface area contributed by atoms with Crippen LogP contribution in [0.4, 0.5) is 0 Å². The Labute approximate surface area is 131 Å². The van der Waals surface area contributed by atoms with Crippen LogP contribution in [0.2, 0.25) is 10.0 Å². The molecule has 1 aromatic carbocycles. The van der Waals surface area contributed by atoms with Crippen molar-refractivity contribution in [2.75, 3.05) is 0 Å². The maximum atomic E-state index is 11.7. The third-order valence-electron chi connectivity index (χ3n) is 2.60. The van der Waals surface area contributed by atoms with E-state index in [2.05, 4.69) is 10.5 Å². The molecule has 0 bridgehead atoms. The fourth-order valence-corrected chi connectivity index (χ4v) is 2.54. The highest BCUT2D eigenvalue weighted by Crippen LogP contribution is 2.22. The molecule has 0 spiro atoms. The summed E-state index contributed by atoms with van der Waals surface area (Å²) in [4.78, 5) is 12.7. The molecule has 0 aliphatic heterocycles. The lowest BCUT2D eigenvalue weighted by Crippen LogP contribution is -2.20. The number of thiophene rings is 1. The van der Waals surface area contributed by atoms with Crippen LogP contribution in [0.5, 0.6) is 0 Å². The van der Waals surface area contributed by atoms with Gasteiger partial charge in [-0.2, -0.15) is 5.10 Å². The van der Waals surface area contributed by atoms with E-state index in [4.69, 9.17) is 23.2 Å². The first-order valence-electron chi connectivity index (χ1n) is 5.87. The maximum Gasteiger partial charge on any atom is 0.245 e. The Morgan fingerprint density at radius 1 is 1.30 bits per heavy atom. The molecule has 1 amide bonds. The third-order valence-corrected chi connectivity index (χ3v) is 4.22. The number of halogens is 2. The minimum absolute atomic E-state index is 0.146. The summed E-state index contributed by atoms with van der Waals surface area (Å²) in [7, 11) is 0. The Morgan fingerprint density at radius 3 is 2.75 bits per heavy atom. The summed E-state index contributed by atoms with van der Waals surface area (Å²) in [5.41, 5.74) is 4.02. The summed E-state index contributed by atoms with van der Waals surface area (Å²) in [6, 6.07) is 9.05. The number of carbonyl (C=O) groups is 1. The molecule has 3 nitrogen and oxygen atoms in total. The lowest BCUT2D eigenvalue weighted by atomic mass is 10.1. The lowest BCUT2D eigenvalue weighted by Gasteiger charge is -2.04. The zero-order valence-corrected chi connectivity index (χ0v) is 13.0. The molecule has 0 unspecified atom stereocenters. The van der Waals surface area contributed by atoms with Crippen LogP contribution >= 0.6 is 34.5 Å². The summed E-state index contributed by atoms with van der Waals surface area (Å²) in [5, 5.41) is 6.96. The number of rotatable bonds is 4. The summed E-state index contributed by atoms with van der Waals surface area (Å²) < 4.78 is 0. The molecule has 2 rings (SSSR count). The van der Waals surface area contributed by atoms with Crippen molar-refractivity contribution >= 4 is 46.2 Å². The van der Waals surface area contributed by atoms with Gasteiger partial charge in [-0.1, -0.05) is 35.3 Å². The monoisotopic (exact) mass is 326 g/mol. The van der Waals surface area contributed by atoms with Gasteiger partial charge in [-0.3, -0.25) is 4.79 Å². The second-order valence-electron chi connectivity index (χ2n) is 4.12. The van der Waals surface area contributed by atoms with Crippen molar-refractivity contribution in [3.63, 3.8) is 0 Å². The van der Waals surface area contributed by atoms with Gasteiger partial charge in [-0.25, -0.2) is 5.43 Å². The van der Waals surface area contributed by atoms with E-state index in [1.54, 1.807) is 36.5 Å². The van der Waals surface area contributed by atoms with E-state index in [-0.39, 0.29) is 5.91 Å². The van der Waals surface area contributed by atoms with E-state index < -0.39 is 0 Å². The Balaban J connectivity index is 1.99. The van der Waals surface area contributed by atoms with E-state index in [1.165, 1.54) is 0 Å². The van der Waals surface area contributed by atoms with E-state index >= 15 is 0 Å². The standard InChI is InChI=1S/C14H12Cl2N2OS/c1-9(10-4-5-12(15)13(16)7-10)17-18-14(19)8-11-3-2-6-20-11/h2-7H,8H2,1H3,(H,18,19)/b17-9-. The van der Waals surface area contributed by atoms with Gasteiger partial charge in [-0.05, 0) is 36.1 Å². The summed E-state index contributed by atoms with van der Waals surface area (Å²) in [6.45, 7) is 1.80. The zero-order chi connectivity index (χ0) is 14.5. The van der Waals surface area contributed by atoms with E-state index in [0.29, 0.717) is 22.2 Å². The number of nitrogens with zero attached hydrogens (tertiary/aromatic N) is 1. The smallest absolute Gasteiger partial charge is 0.245 e. The normalized spacial score (nSPS) is 11.4. The van der Waals surface area contributed by atoms with Gasteiger partial charge in [0.05, 0.1) is 22.2 Å². The van der Waals surface area contributed by atoms with Gasteiger partial charge in [-0.15, -0.1) is 11.3 Å². The average molecular weight is 327 g/mol. The number of amides is 1. The molecule has 2 aromatic rings. The Hall–Kier alpha value is -1.36. The number of nitrogens with one attached hydrogen (secondary N) is 1. The minimum Gasteiger partial charge on any atom is -0.273 e. The Kier molecular flexibility index (Phi) is 5.17. The predicted octanol–water partition coefficient (Wildman–Crippen LogP) is 4.14. The molecule has 0 aliphatic rings. The van der Waals surface area contributed by atoms with Crippen LogP contribution in [0.15, 0.2) is 40.8 Å². The summed E-state index contributed by atoms with van der Waals surface area (Å²) in [5.74, 6) is -0.146. The van der Waals surface area contributed by atoms with E-state index in [0.717, 1.165) is 10.4 Å². The van der Waals surface area contributed by atoms with Crippen LogP contribution in [0.1, 0.15) is 17.4 Å². The number of benzene rings is 1. The average Bonchev–Trinajstić information content (AvgIpc) is 2.92. The molecular formula is C14H12Cl2N2OS. The molecule has 1 heterocycles. The molecule has 1 N–H and O–H groups in total. The van der Waals surface area contributed by atoms with Crippen molar-refractivity contribution in [3.05, 3.63) is 56.2 Å². The first kappa shape index (κ1) is 15.0. The first-order valence-corrected chi connectivity index (χ1v) is 7.51. The summed E-state index contributed by atoms with van der Waals surface area (Å²) >= 11 is 13.3. The topological polar surface area (TPSA) is 41.5 Å². The Bertz CT molecular complexity index is 639. The fourth-order valence-electron chi connectivity index (χ4n) is 1.54. The molecule has 1 aromatic heterocycles. The van der Waals surface area contributed by atoms with Gasteiger partial charge in [0.1, 0.15) is 0 Å². The molecule has 0 saturated heterocycles. The molecule has 20 heavy (non-hydrogen) atoms. The number of hydrazone groups is 1. The van der Waals surface area contributed by atoms with Gasteiger partial charge in [0.15, 0.2) is 0 Å². The molecule has 0 saturated carbocycles. The fraction of sp³-hybridized carbons (Fsp3) is 0.143. The molecule has 0 atom stereocenters. The van der Waals surface area contributed by atoms with Gasteiger partial charge in [0.25, 0.3) is 0 Å².